The van der Waals surface area contributed by atoms with E-state index in [1.54, 1.807) is 0 Å². The van der Waals surface area contributed by atoms with Crippen LogP contribution in [0.3, 0.4) is 0 Å². The summed E-state index contributed by atoms with van der Waals surface area (Å²) in [6.45, 7) is 0.629. The fourth-order valence-electron chi connectivity index (χ4n) is 1.46. The van der Waals surface area contributed by atoms with Gasteiger partial charge in [-0.15, -0.1) is 0 Å². The lowest BCUT2D eigenvalue weighted by atomic mass is 10.1. The highest BCUT2D eigenvalue weighted by Gasteiger charge is 2.23. The van der Waals surface area contributed by atoms with E-state index in [4.69, 9.17) is 4.74 Å². The zero-order valence-electron chi connectivity index (χ0n) is 8.40. The first-order valence-corrected chi connectivity index (χ1v) is 5.79. The lowest BCUT2D eigenvalue weighted by Gasteiger charge is -2.24. The minimum atomic E-state index is -0.322. The van der Waals surface area contributed by atoms with Crippen molar-refractivity contribution in [2.45, 2.75) is 17.5 Å². The largest absolute Gasteiger partial charge is 0.355 e. The molecule has 0 bridgehead atoms. The zero-order chi connectivity index (χ0) is 10.6. The van der Waals surface area contributed by atoms with Gasteiger partial charge in [0.15, 0.2) is 0 Å². The molecular formula is C13H13BrO. The quantitative estimate of drug-likeness (QED) is 0.755. The summed E-state index contributed by atoms with van der Waals surface area (Å²) in [6, 6.07) is 10.2. The normalized spacial score (nSPS) is 24.3. The Labute approximate surface area is 98.6 Å². The first kappa shape index (κ1) is 10.7. The summed E-state index contributed by atoms with van der Waals surface area (Å²) in [5.41, 5.74) is 1.19. The van der Waals surface area contributed by atoms with Crippen molar-refractivity contribution in [2.24, 2.45) is 0 Å². The van der Waals surface area contributed by atoms with E-state index in [1.807, 2.05) is 36.4 Å². The zero-order valence-corrected chi connectivity index (χ0v) is 9.98. The first-order chi connectivity index (χ1) is 7.29. The van der Waals surface area contributed by atoms with Crippen LogP contribution in [0.5, 0.6) is 0 Å². The fourth-order valence-corrected chi connectivity index (χ4v) is 1.91. The van der Waals surface area contributed by atoms with Gasteiger partial charge in [-0.2, -0.15) is 0 Å². The summed E-state index contributed by atoms with van der Waals surface area (Å²) in [5, 5.41) is 0. The van der Waals surface area contributed by atoms with E-state index in [1.165, 1.54) is 5.56 Å². The van der Waals surface area contributed by atoms with Crippen LogP contribution in [0.2, 0.25) is 0 Å². The smallest absolute Gasteiger partial charge is 0.145 e. The predicted octanol–water partition coefficient (Wildman–Crippen LogP) is 3.81. The molecule has 1 atom stereocenters. The third-order valence-electron chi connectivity index (χ3n) is 2.31. The molecule has 0 spiro atoms. The predicted molar refractivity (Wildman–Crippen MR) is 65.8 cm³/mol. The molecule has 0 N–H and O–H groups in total. The van der Waals surface area contributed by atoms with Gasteiger partial charge >= 0.3 is 0 Å². The molecule has 0 radical (unpaired) electrons. The highest BCUT2D eigenvalue weighted by atomic mass is 79.9. The minimum Gasteiger partial charge on any atom is -0.355 e. The number of hydrogen-bond donors (Lipinski definition) is 0. The van der Waals surface area contributed by atoms with Gasteiger partial charge in [0, 0.05) is 6.42 Å². The number of alkyl halides is 1. The van der Waals surface area contributed by atoms with Crippen molar-refractivity contribution < 1.29 is 4.74 Å². The molecule has 0 aromatic heterocycles. The molecule has 1 aromatic carbocycles. The molecular weight excluding hydrogens is 252 g/mol. The first-order valence-electron chi connectivity index (χ1n) is 5.00. The Balaban J connectivity index is 1.93. The summed E-state index contributed by atoms with van der Waals surface area (Å²) in [6.07, 6.45) is 9.04. The summed E-state index contributed by atoms with van der Waals surface area (Å²) in [4.78, 5) is 0. The molecule has 0 aliphatic heterocycles. The second kappa shape index (κ2) is 4.77. The summed E-state index contributed by atoms with van der Waals surface area (Å²) in [7, 11) is 0. The second-order valence-electron chi connectivity index (χ2n) is 3.55. The number of benzene rings is 1. The number of ether oxygens (including phenoxy) is 1. The SMILES string of the molecule is BrC1(OCc2ccccc2)C=CC=CC1. The average molecular weight is 265 g/mol. The molecule has 15 heavy (non-hydrogen) atoms. The van der Waals surface area contributed by atoms with E-state index in [0.717, 1.165) is 6.42 Å². The van der Waals surface area contributed by atoms with Crippen molar-refractivity contribution >= 4 is 15.9 Å². The molecule has 0 amide bonds. The highest BCUT2D eigenvalue weighted by molar-refractivity contribution is 9.10. The van der Waals surface area contributed by atoms with Crippen molar-refractivity contribution in [3.63, 3.8) is 0 Å². The molecule has 1 aliphatic carbocycles. The molecule has 0 heterocycles. The van der Waals surface area contributed by atoms with Crippen LogP contribution in [0, 0.1) is 0 Å². The van der Waals surface area contributed by atoms with E-state index in [2.05, 4.69) is 34.1 Å². The van der Waals surface area contributed by atoms with Crippen LogP contribution >= 0.6 is 15.9 Å². The van der Waals surface area contributed by atoms with Gasteiger partial charge in [-0.25, -0.2) is 0 Å². The third-order valence-corrected chi connectivity index (χ3v) is 3.13. The number of hydrogen-bond acceptors (Lipinski definition) is 1. The summed E-state index contributed by atoms with van der Waals surface area (Å²) >= 11 is 3.59. The van der Waals surface area contributed by atoms with Gasteiger partial charge in [0.2, 0.25) is 0 Å². The van der Waals surface area contributed by atoms with Crippen LogP contribution in [-0.2, 0) is 11.3 Å². The number of rotatable bonds is 3. The van der Waals surface area contributed by atoms with Crippen LogP contribution in [0.4, 0.5) is 0 Å². The van der Waals surface area contributed by atoms with E-state index in [0.29, 0.717) is 6.61 Å². The van der Waals surface area contributed by atoms with Gasteiger partial charge in [0.1, 0.15) is 4.51 Å². The molecule has 1 aliphatic rings. The van der Waals surface area contributed by atoms with E-state index < -0.39 is 0 Å². The lowest BCUT2D eigenvalue weighted by Crippen LogP contribution is -2.22. The van der Waals surface area contributed by atoms with E-state index in [9.17, 15) is 0 Å². The third kappa shape index (κ3) is 3.05. The highest BCUT2D eigenvalue weighted by Crippen LogP contribution is 2.30. The molecule has 78 valence electrons. The van der Waals surface area contributed by atoms with E-state index >= 15 is 0 Å². The van der Waals surface area contributed by atoms with Gasteiger partial charge in [-0.05, 0) is 27.6 Å². The van der Waals surface area contributed by atoms with Crippen LogP contribution in [0.15, 0.2) is 54.6 Å². The Morgan fingerprint density at radius 2 is 2.00 bits per heavy atom. The molecule has 2 heteroatoms. The molecule has 1 nitrogen and oxygen atoms in total. The molecule has 0 fully saturated rings. The van der Waals surface area contributed by atoms with Crippen molar-refractivity contribution in [1.82, 2.24) is 0 Å². The van der Waals surface area contributed by atoms with Crippen LogP contribution in [-0.4, -0.2) is 4.51 Å². The molecule has 0 saturated heterocycles. The monoisotopic (exact) mass is 264 g/mol. The van der Waals surface area contributed by atoms with E-state index in [-0.39, 0.29) is 4.51 Å². The second-order valence-corrected chi connectivity index (χ2v) is 4.89. The van der Waals surface area contributed by atoms with Gasteiger partial charge in [-0.3, -0.25) is 0 Å². The molecule has 1 unspecified atom stereocenters. The summed E-state index contributed by atoms with van der Waals surface area (Å²) in [5.74, 6) is 0. The van der Waals surface area contributed by atoms with Gasteiger partial charge in [-0.1, -0.05) is 48.6 Å². The number of halogens is 1. The Morgan fingerprint density at radius 1 is 1.20 bits per heavy atom. The van der Waals surface area contributed by atoms with Crippen molar-refractivity contribution in [1.29, 1.82) is 0 Å². The van der Waals surface area contributed by atoms with Gasteiger partial charge in [0.05, 0.1) is 6.61 Å². The van der Waals surface area contributed by atoms with Gasteiger partial charge in [0.25, 0.3) is 0 Å². The van der Waals surface area contributed by atoms with Crippen LogP contribution in [0.25, 0.3) is 0 Å². The van der Waals surface area contributed by atoms with Crippen LogP contribution < -0.4 is 0 Å². The number of allylic oxidation sites excluding steroid dienone is 2. The van der Waals surface area contributed by atoms with Crippen molar-refractivity contribution in [3.05, 3.63) is 60.2 Å². The summed E-state index contributed by atoms with van der Waals surface area (Å²) < 4.78 is 5.51. The minimum absolute atomic E-state index is 0.322. The van der Waals surface area contributed by atoms with Crippen molar-refractivity contribution in [3.8, 4) is 0 Å². The van der Waals surface area contributed by atoms with Gasteiger partial charge < -0.3 is 4.74 Å². The van der Waals surface area contributed by atoms with Crippen molar-refractivity contribution in [2.75, 3.05) is 0 Å². The fraction of sp³-hybridized carbons (Fsp3) is 0.231. The Bertz CT molecular complexity index is 369. The molecule has 1 aromatic rings. The molecule has 2 rings (SSSR count). The molecule has 0 saturated carbocycles. The Hall–Kier alpha value is -0.860. The average Bonchev–Trinajstić information content (AvgIpc) is 2.29. The maximum absolute atomic E-state index is 5.84. The topological polar surface area (TPSA) is 9.23 Å². The Kier molecular flexibility index (Phi) is 3.39. The maximum Gasteiger partial charge on any atom is 0.145 e. The standard InChI is InChI=1S/C13H13BrO/c14-13(9-5-2-6-10-13)15-11-12-7-3-1-4-8-12/h1-9H,10-11H2. The van der Waals surface area contributed by atoms with Crippen LogP contribution in [0.1, 0.15) is 12.0 Å². The Morgan fingerprint density at radius 3 is 2.67 bits per heavy atom. The lowest BCUT2D eigenvalue weighted by molar-refractivity contribution is 0.0532. The maximum atomic E-state index is 5.84.